The first-order valence-electron chi connectivity index (χ1n) is 10.2. The van der Waals surface area contributed by atoms with Crippen LogP contribution in [0.4, 0.5) is 39.5 Å². The molecule has 0 spiro atoms. The molecule has 0 aliphatic heterocycles. The zero-order chi connectivity index (χ0) is 25.4. The number of alkyl halides is 9. The van der Waals surface area contributed by atoms with E-state index >= 15 is 0 Å². The van der Waals surface area contributed by atoms with E-state index in [1.54, 1.807) is 0 Å². The Labute approximate surface area is 188 Å². The van der Waals surface area contributed by atoms with Crippen LogP contribution in [0, 0.1) is 0 Å². The van der Waals surface area contributed by atoms with Crippen molar-refractivity contribution in [2.75, 3.05) is 0 Å². The van der Waals surface area contributed by atoms with Gasteiger partial charge in [-0.1, -0.05) is 18.1 Å². The first-order chi connectivity index (χ1) is 15.0. The Balaban J connectivity index is 3.10. The van der Waals surface area contributed by atoms with E-state index < -0.39 is 82.7 Å². The molecule has 6 nitrogen and oxygen atoms in total. The fourth-order valence-corrected chi connectivity index (χ4v) is 5.67. The first-order valence-corrected chi connectivity index (χ1v) is 15.3. The highest BCUT2D eigenvalue weighted by atomic mass is 28.2. The van der Waals surface area contributed by atoms with Crippen molar-refractivity contribution in [3.8, 4) is 0 Å². The molecule has 33 heavy (non-hydrogen) atoms. The van der Waals surface area contributed by atoms with E-state index in [9.17, 15) is 53.9 Å². The fraction of sp³-hybridized carbons (Fsp3) is 0.800. The van der Waals surface area contributed by atoms with E-state index in [4.69, 9.17) is 0 Å². The third-order valence-electron chi connectivity index (χ3n) is 4.66. The Morgan fingerprint density at radius 1 is 0.485 bits per heavy atom. The van der Waals surface area contributed by atoms with Crippen LogP contribution < -0.4 is 17.1 Å². The number of aromatic nitrogens is 3. The summed E-state index contributed by atoms with van der Waals surface area (Å²) in [6.07, 6.45) is -0.539. The third kappa shape index (κ3) is 11.4. The van der Waals surface area contributed by atoms with Gasteiger partial charge in [0.25, 0.3) is 0 Å². The molecule has 0 saturated heterocycles. The van der Waals surface area contributed by atoms with Crippen LogP contribution in [-0.4, -0.2) is 59.7 Å². The Bertz CT molecular complexity index is 787. The van der Waals surface area contributed by atoms with Crippen LogP contribution in [0.5, 0.6) is 0 Å². The number of hydrogen-bond donors (Lipinski definition) is 0. The molecular weight excluding hydrogens is 525 g/mol. The zero-order valence-corrected chi connectivity index (χ0v) is 21.7. The monoisotopic (exact) mass is 549 g/mol. The van der Waals surface area contributed by atoms with Crippen LogP contribution in [0.2, 0.25) is 18.1 Å². The average molecular weight is 550 g/mol. The van der Waals surface area contributed by atoms with E-state index in [2.05, 4.69) is 0 Å². The molecule has 0 fully saturated rings. The first kappa shape index (κ1) is 29.5. The summed E-state index contributed by atoms with van der Waals surface area (Å²) >= 11 is 0. The summed E-state index contributed by atoms with van der Waals surface area (Å²) in [5.41, 5.74) is -3.44. The Hall–Kier alpha value is -1.57. The quantitative estimate of drug-likeness (QED) is 0.219. The van der Waals surface area contributed by atoms with Crippen molar-refractivity contribution in [3.63, 3.8) is 0 Å². The van der Waals surface area contributed by atoms with Crippen molar-refractivity contribution in [2.24, 2.45) is 0 Å². The molecule has 0 aliphatic carbocycles. The van der Waals surface area contributed by atoms with Gasteiger partial charge in [-0.2, -0.15) is 39.5 Å². The molecule has 1 heterocycles. The van der Waals surface area contributed by atoms with Crippen molar-refractivity contribution in [1.82, 2.24) is 13.7 Å². The van der Waals surface area contributed by atoms with Gasteiger partial charge in [-0.05, 0) is 19.3 Å². The molecule has 0 amide bonds. The van der Waals surface area contributed by atoms with Crippen molar-refractivity contribution in [2.45, 2.75) is 74.4 Å². The standard InChI is InChI=1S/C15H24F9N3O3Si3/c16-13(17,18)31-7-1-4-25-10(28)26(5-2-8-32-14(19,20)21)12(30)27(11(25)29)6-3-9-33-15(22,23)24/h1-9,31-33H2. The minimum atomic E-state index is -4.31. The summed E-state index contributed by atoms with van der Waals surface area (Å²) in [6.45, 7) is -1.30. The lowest BCUT2D eigenvalue weighted by Gasteiger charge is -2.14. The smallest absolute Gasteiger partial charge is 0.247 e. The number of halogens is 9. The van der Waals surface area contributed by atoms with Gasteiger partial charge in [-0.3, -0.25) is 0 Å². The second-order valence-corrected chi connectivity index (χ2v) is 13.5. The van der Waals surface area contributed by atoms with E-state index in [0.717, 1.165) is 0 Å². The van der Waals surface area contributed by atoms with Crippen LogP contribution >= 0.6 is 0 Å². The van der Waals surface area contributed by atoms with Gasteiger partial charge in [0.2, 0.25) is 0 Å². The summed E-state index contributed by atoms with van der Waals surface area (Å²) in [5, 5.41) is 0. The predicted octanol–water partition coefficient (Wildman–Crippen LogP) is 0.663. The zero-order valence-electron chi connectivity index (χ0n) is 17.5. The number of nitrogens with zero attached hydrogens (tertiary/aromatic N) is 3. The van der Waals surface area contributed by atoms with Gasteiger partial charge in [-0.15, -0.1) is 0 Å². The molecule has 0 aromatic carbocycles. The second-order valence-electron chi connectivity index (χ2n) is 7.52. The summed E-state index contributed by atoms with van der Waals surface area (Å²) < 4.78 is 113. The van der Waals surface area contributed by atoms with E-state index in [0.29, 0.717) is 13.7 Å². The molecule has 0 N–H and O–H groups in total. The van der Waals surface area contributed by atoms with Crippen LogP contribution in [-0.2, 0) is 19.6 Å². The largest absolute Gasteiger partial charge is 0.354 e. The highest BCUT2D eigenvalue weighted by Crippen LogP contribution is 2.16. The summed E-state index contributed by atoms with van der Waals surface area (Å²) in [6, 6.07) is -0.825. The van der Waals surface area contributed by atoms with Crippen molar-refractivity contribution in [3.05, 3.63) is 31.5 Å². The third-order valence-corrected chi connectivity index (χ3v) is 8.92. The van der Waals surface area contributed by atoms with Crippen LogP contribution in [0.1, 0.15) is 19.3 Å². The van der Waals surface area contributed by atoms with Gasteiger partial charge in [0.15, 0.2) is 28.6 Å². The molecule has 1 rings (SSSR count). The van der Waals surface area contributed by atoms with Crippen LogP contribution in [0.15, 0.2) is 14.4 Å². The summed E-state index contributed by atoms with van der Waals surface area (Å²) in [5.74, 6) is -12.9. The van der Waals surface area contributed by atoms with Gasteiger partial charge < -0.3 is 0 Å². The van der Waals surface area contributed by atoms with Gasteiger partial charge in [0, 0.05) is 19.6 Å². The van der Waals surface area contributed by atoms with Crippen LogP contribution in [0.3, 0.4) is 0 Å². The Kier molecular flexibility index (Phi) is 10.9. The maximum atomic E-state index is 12.6. The molecule has 0 bridgehead atoms. The average Bonchev–Trinajstić information content (AvgIpc) is 2.63. The molecule has 1 aromatic heterocycles. The second kappa shape index (κ2) is 12.2. The van der Waals surface area contributed by atoms with E-state index in [1.165, 1.54) is 0 Å². The van der Waals surface area contributed by atoms with E-state index in [-0.39, 0.29) is 37.4 Å². The predicted molar refractivity (Wildman–Crippen MR) is 111 cm³/mol. The Morgan fingerprint density at radius 3 is 0.879 bits per heavy atom. The number of hydrogen-bond acceptors (Lipinski definition) is 3. The van der Waals surface area contributed by atoms with Crippen molar-refractivity contribution in [1.29, 1.82) is 0 Å². The molecule has 0 aliphatic rings. The summed E-state index contributed by atoms with van der Waals surface area (Å²) in [4.78, 5) is 37.7. The molecule has 0 radical (unpaired) electrons. The molecule has 1 aromatic rings. The SMILES string of the molecule is O=c1n(CCC[SiH2]C(F)(F)F)c(=O)n(CCC[SiH2]C(F)(F)F)c(=O)n1CCC[SiH2]C(F)(F)F. The normalized spacial score (nSPS) is 14.1. The summed E-state index contributed by atoms with van der Waals surface area (Å²) in [7, 11) is -7.42. The van der Waals surface area contributed by atoms with E-state index in [1.807, 2.05) is 0 Å². The van der Waals surface area contributed by atoms with Gasteiger partial charge in [-0.25, -0.2) is 28.1 Å². The minimum absolute atomic E-state index is 0.180. The fourth-order valence-electron chi connectivity index (χ4n) is 3.04. The lowest BCUT2D eigenvalue weighted by molar-refractivity contribution is -0.0481. The number of rotatable bonds is 12. The highest BCUT2D eigenvalue weighted by molar-refractivity contribution is 6.38. The Morgan fingerprint density at radius 2 is 0.697 bits per heavy atom. The van der Waals surface area contributed by atoms with Gasteiger partial charge in [0.05, 0.1) is 0 Å². The van der Waals surface area contributed by atoms with Crippen molar-refractivity contribution >= 4 is 28.6 Å². The maximum absolute atomic E-state index is 12.6. The minimum Gasteiger partial charge on any atom is -0.247 e. The molecule has 192 valence electrons. The maximum Gasteiger partial charge on any atom is 0.354 e. The van der Waals surface area contributed by atoms with Gasteiger partial charge in [0.1, 0.15) is 0 Å². The molecular formula is C15H24F9N3O3Si3. The topological polar surface area (TPSA) is 66.0 Å². The lowest BCUT2D eigenvalue weighted by Crippen LogP contribution is -2.54. The lowest BCUT2D eigenvalue weighted by atomic mass is 10.4. The van der Waals surface area contributed by atoms with Gasteiger partial charge >= 0.3 is 34.5 Å². The molecule has 18 heteroatoms. The highest BCUT2D eigenvalue weighted by Gasteiger charge is 2.28. The molecule has 0 atom stereocenters. The molecule has 0 saturated carbocycles. The molecule has 0 unspecified atom stereocenters. The van der Waals surface area contributed by atoms with Crippen LogP contribution in [0.25, 0.3) is 0 Å². The van der Waals surface area contributed by atoms with Crippen molar-refractivity contribution < 1.29 is 39.5 Å².